The van der Waals surface area contributed by atoms with Crippen molar-refractivity contribution in [3.63, 3.8) is 0 Å². The molecule has 0 spiro atoms. The van der Waals surface area contributed by atoms with Gasteiger partial charge in [0.15, 0.2) is 5.78 Å². The van der Waals surface area contributed by atoms with Gasteiger partial charge in [-0.2, -0.15) is 0 Å². The summed E-state index contributed by atoms with van der Waals surface area (Å²) in [6.07, 6.45) is 5.12. The van der Waals surface area contributed by atoms with Crippen molar-refractivity contribution < 1.29 is 30.1 Å². The van der Waals surface area contributed by atoms with Crippen LogP contribution in [0.3, 0.4) is 0 Å². The second-order valence-electron chi connectivity index (χ2n) is 9.47. The number of nitrogens with zero attached hydrogens (tertiary/aromatic N) is 1. The van der Waals surface area contributed by atoms with E-state index in [2.05, 4.69) is 16.0 Å². The number of Topliss-reactive ketones (excluding diaryl/α,β-unsaturated/α-hetero) is 1. The van der Waals surface area contributed by atoms with E-state index in [-0.39, 0.29) is 67.7 Å². The number of amides is 6. The first kappa shape index (κ1) is 29.0. The average molecular weight is 509 g/mol. The molecule has 3 atom stereocenters. The zero-order valence-corrected chi connectivity index (χ0v) is 21.5. The standard InChI is InChI=1S/C25H41N5O6/c1-16(2)23(29-20(32)10-6-5-7-14-30-21(33)11-12-22(30)34)19(31)15-18(24(35)28-17(3)4)9-8-13-27-25(26)36/h11-12,16-18,23H,5-10,13-15H2,1-4H3,(H,28,35)(H,29,32)(H3,26,27,36)/t18?,23-/m0/s1/i3D/t17-,18?,23+/m1. The minimum Gasteiger partial charge on any atom is -0.354 e. The fourth-order valence-corrected chi connectivity index (χ4v) is 3.86. The topological polar surface area (TPSA) is 168 Å². The molecule has 0 aromatic heterocycles. The van der Waals surface area contributed by atoms with Gasteiger partial charge in [-0.15, -0.1) is 0 Å². The molecule has 0 bridgehead atoms. The molecule has 5 N–H and O–H groups in total. The Kier molecular flexibility index (Phi) is 12.6. The van der Waals surface area contributed by atoms with Crippen LogP contribution in [0.1, 0.15) is 74.0 Å². The first-order chi connectivity index (χ1) is 17.5. The number of primary amides is 1. The van der Waals surface area contributed by atoms with E-state index in [0.717, 1.165) is 4.90 Å². The molecule has 36 heavy (non-hydrogen) atoms. The van der Waals surface area contributed by atoms with Gasteiger partial charge in [-0.25, -0.2) is 4.79 Å². The first-order valence-corrected chi connectivity index (χ1v) is 12.4. The summed E-state index contributed by atoms with van der Waals surface area (Å²) in [4.78, 5) is 73.5. The summed E-state index contributed by atoms with van der Waals surface area (Å²) in [5.74, 6) is -2.40. The number of imide groups is 1. The third-order valence-corrected chi connectivity index (χ3v) is 5.75. The Bertz CT molecular complexity index is 845. The molecule has 1 aliphatic rings. The molecule has 6 amide bonds. The Balaban J connectivity index is 2.59. The van der Waals surface area contributed by atoms with Crippen molar-refractivity contribution >= 4 is 35.4 Å². The van der Waals surface area contributed by atoms with Gasteiger partial charge in [-0.3, -0.25) is 28.9 Å². The molecular weight excluding hydrogens is 466 g/mol. The van der Waals surface area contributed by atoms with E-state index in [1.165, 1.54) is 12.2 Å². The maximum absolute atomic E-state index is 13.1. The van der Waals surface area contributed by atoms with Crippen LogP contribution < -0.4 is 21.7 Å². The molecule has 1 aliphatic heterocycles. The van der Waals surface area contributed by atoms with Crippen molar-refractivity contribution in [2.24, 2.45) is 17.6 Å². The summed E-state index contributed by atoms with van der Waals surface area (Å²) in [5, 5.41) is 7.98. The molecule has 11 nitrogen and oxygen atoms in total. The van der Waals surface area contributed by atoms with Gasteiger partial charge in [0.1, 0.15) is 0 Å². The molecule has 0 fully saturated rings. The van der Waals surface area contributed by atoms with Gasteiger partial charge in [-0.05, 0) is 45.4 Å². The summed E-state index contributed by atoms with van der Waals surface area (Å²) in [6, 6.07) is -1.80. The number of hydrogen-bond donors (Lipinski definition) is 4. The quantitative estimate of drug-likeness (QED) is 0.170. The monoisotopic (exact) mass is 508 g/mol. The molecule has 1 rings (SSSR count). The molecule has 0 saturated carbocycles. The normalized spacial score (nSPS) is 15.9. The van der Waals surface area contributed by atoms with Crippen LogP contribution in [0.4, 0.5) is 4.79 Å². The van der Waals surface area contributed by atoms with Crippen LogP contribution in [-0.2, 0) is 24.0 Å². The predicted octanol–water partition coefficient (Wildman–Crippen LogP) is 1.16. The minimum absolute atomic E-state index is 0.00183. The summed E-state index contributed by atoms with van der Waals surface area (Å²) < 4.78 is 7.42. The van der Waals surface area contributed by atoms with E-state index in [1.54, 1.807) is 6.92 Å². The molecular formula is C25H41N5O6. The number of ketones is 1. The Morgan fingerprint density at radius 3 is 2.25 bits per heavy atom. The van der Waals surface area contributed by atoms with Crippen LogP contribution in [0, 0.1) is 11.8 Å². The molecule has 0 aliphatic carbocycles. The lowest BCUT2D eigenvalue weighted by molar-refractivity contribution is -0.137. The smallest absolute Gasteiger partial charge is 0.312 e. The Labute approximate surface area is 214 Å². The molecule has 1 unspecified atom stereocenters. The molecule has 11 heteroatoms. The minimum atomic E-state index is -0.758. The maximum atomic E-state index is 13.1. The Morgan fingerprint density at radius 2 is 1.67 bits per heavy atom. The van der Waals surface area contributed by atoms with Crippen molar-refractivity contribution in [2.75, 3.05) is 13.1 Å². The molecule has 0 saturated heterocycles. The summed E-state index contributed by atoms with van der Waals surface area (Å²) >= 11 is 0. The number of nitrogens with one attached hydrogen (secondary N) is 3. The van der Waals surface area contributed by atoms with Gasteiger partial charge < -0.3 is 21.7 Å². The fraction of sp³-hybridized carbons (Fsp3) is 0.680. The van der Waals surface area contributed by atoms with Crippen molar-refractivity contribution in [3.05, 3.63) is 12.2 Å². The zero-order valence-electron chi connectivity index (χ0n) is 22.5. The molecule has 0 aromatic carbocycles. The largest absolute Gasteiger partial charge is 0.354 e. The fourth-order valence-electron chi connectivity index (χ4n) is 3.86. The third kappa shape index (κ3) is 11.5. The van der Waals surface area contributed by atoms with Gasteiger partial charge in [0.2, 0.25) is 11.8 Å². The van der Waals surface area contributed by atoms with Crippen LogP contribution in [-0.4, -0.2) is 65.5 Å². The van der Waals surface area contributed by atoms with Crippen molar-refractivity contribution in [1.82, 2.24) is 20.9 Å². The van der Waals surface area contributed by atoms with Crippen LogP contribution in [0.25, 0.3) is 0 Å². The number of carbonyl (C=O) groups is 6. The number of carbonyl (C=O) groups excluding carboxylic acids is 6. The van der Waals surface area contributed by atoms with E-state index in [0.29, 0.717) is 38.6 Å². The van der Waals surface area contributed by atoms with Gasteiger partial charge in [0.05, 0.1) is 6.04 Å². The van der Waals surface area contributed by atoms with Crippen LogP contribution in [0.15, 0.2) is 12.2 Å². The Morgan fingerprint density at radius 1 is 1.00 bits per heavy atom. The van der Waals surface area contributed by atoms with E-state index in [4.69, 9.17) is 7.10 Å². The van der Waals surface area contributed by atoms with Gasteiger partial charge >= 0.3 is 6.03 Å². The highest BCUT2D eigenvalue weighted by Gasteiger charge is 2.29. The lowest BCUT2D eigenvalue weighted by Gasteiger charge is -2.24. The molecule has 202 valence electrons. The molecule has 0 aromatic rings. The number of nitrogens with two attached hydrogens (primary N) is 1. The third-order valence-electron chi connectivity index (χ3n) is 5.75. The number of unbranched alkanes of at least 4 members (excludes halogenated alkanes) is 2. The van der Waals surface area contributed by atoms with Crippen molar-refractivity contribution in [2.45, 2.75) is 84.7 Å². The lowest BCUT2D eigenvalue weighted by Crippen LogP contribution is -2.46. The first-order valence-electron chi connectivity index (χ1n) is 13.2. The second kappa shape index (κ2) is 15.7. The average Bonchev–Trinajstić information content (AvgIpc) is 3.15. The van der Waals surface area contributed by atoms with E-state index in [9.17, 15) is 28.8 Å². The van der Waals surface area contributed by atoms with E-state index >= 15 is 0 Å². The highest BCUT2D eigenvalue weighted by molar-refractivity contribution is 6.12. The van der Waals surface area contributed by atoms with Crippen molar-refractivity contribution in [3.8, 4) is 0 Å². The predicted molar refractivity (Wildman–Crippen MR) is 134 cm³/mol. The highest BCUT2D eigenvalue weighted by atomic mass is 16.2. The molecule has 1 heterocycles. The number of urea groups is 1. The van der Waals surface area contributed by atoms with Gasteiger partial charge in [0, 0.05) is 51.4 Å². The summed E-state index contributed by atoms with van der Waals surface area (Å²) in [7, 11) is 0. The Hall–Kier alpha value is -3.24. The number of rotatable bonds is 17. The summed E-state index contributed by atoms with van der Waals surface area (Å²) in [6.45, 7) is 5.90. The maximum Gasteiger partial charge on any atom is 0.312 e. The van der Waals surface area contributed by atoms with Gasteiger partial charge in [0.25, 0.3) is 11.8 Å². The lowest BCUT2D eigenvalue weighted by atomic mass is 9.89. The van der Waals surface area contributed by atoms with Crippen LogP contribution in [0.2, 0.25) is 0 Å². The molecule has 0 radical (unpaired) electrons. The summed E-state index contributed by atoms with van der Waals surface area (Å²) in [5.41, 5.74) is 5.07. The van der Waals surface area contributed by atoms with Crippen LogP contribution in [0.5, 0.6) is 0 Å². The highest BCUT2D eigenvalue weighted by Crippen LogP contribution is 2.17. The van der Waals surface area contributed by atoms with Crippen molar-refractivity contribution in [1.29, 1.82) is 0 Å². The number of hydrogen-bond acceptors (Lipinski definition) is 6. The second-order valence-corrected chi connectivity index (χ2v) is 9.47. The van der Waals surface area contributed by atoms with Gasteiger partial charge in [-0.1, -0.05) is 20.3 Å². The van der Waals surface area contributed by atoms with E-state index in [1.807, 2.05) is 13.8 Å². The SMILES string of the molecule is [2H]C[C@H](C)NC(=O)C(CCCNC(N)=O)CC(=O)[C@@H](NC(=O)CCCCCN1C(=O)C=CC1=O)C(C)C. The van der Waals surface area contributed by atoms with Crippen LogP contribution >= 0.6 is 0 Å². The zero-order chi connectivity index (χ0) is 28.0. The van der Waals surface area contributed by atoms with E-state index < -0.39 is 18.0 Å².